The van der Waals surface area contributed by atoms with Crippen molar-refractivity contribution < 1.29 is 10.00 Å². The predicted octanol–water partition coefficient (Wildman–Crippen LogP) is 16.7. The largest absolute Gasteiger partial charge is 0.380 e. The third-order valence-electron chi connectivity index (χ3n) is 12.5. The zero-order valence-corrected chi connectivity index (χ0v) is 41.9. The van der Waals surface area contributed by atoms with Gasteiger partial charge >= 0.3 is 0 Å². The number of nitrogens with zero attached hydrogens (tertiary/aromatic N) is 2. The highest BCUT2D eigenvalue weighted by Crippen LogP contribution is 2.63. The molecule has 0 aliphatic heterocycles. The van der Waals surface area contributed by atoms with E-state index in [0.29, 0.717) is 22.4 Å². The molecule has 0 heterocycles. The number of benzene rings is 7. The van der Waals surface area contributed by atoms with Crippen molar-refractivity contribution in [2.45, 2.75) is 113 Å². The van der Waals surface area contributed by atoms with Crippen LogP contribution in [0.1, 0.15) is 141 Å². The van der Waals surface area contributed by atoms with Gasteiger partial charge in [0.1, 0.15) is 19.0 Å². The van der Waals surface area contributed by atoms with E-state index in [1.54, 1.807) is 0 Å². The summed E-state index contributed by atoms with van der Waals surface area (Å²) in [5, 5.41) is 18.1. The maximum atomic E-state index is 14.5. The fourth-order valence-electron chi connectivity index (χ4n) is 9.30. The van der Waals surface area contributed by atoms with Crippen LogP contribution in [0.3, 0.4) is 0 Å². The molecule has 5 nitrogen and oxygen atoms in total. The highest BCUT2D eigenvalue weighted by atomic mass is 31.2. The number of hydrogen-bond acceptors (Lipinski definition) is 3. The lowest BCUT2D eigenvalue weighted by Gasteiger charge is -2.32. The highest BCUT2D eigenvalue weighted by molar-refractivity contribution is 7.69. The van der Waals surface area contributed by atoms with Crippen LogP contribution in [0.4, 0.5) is 17.1 Å². The van der Waals surface area contributed by atoms with E-state index >= 15 is 0 Å². The first kappa shape index (κ1) is 48.1. The Balaban J connectivity index is 1.59. The van der Waals surface area contributed by atoms with Crippen LogP contribution >= 0.6 is 7.28 Å². The molecule has 3 N–H and O–H groups in total. The molecular formula is C60H68N3O2P. The fraction of sp³-hybridized carbons (Fsp3) is 0.283. The summed E-state index contributed by atoms with van der Waals surface area (Å²) in [5.41, 5.74) is 16.2. The summed E-state index contributed by atoms with van der Waals surface area (Å²) in [6.45, 7) is 25.9. The van der Waals surface area contributed by atoms with E-state index in [1.807, 2.05) is 42.5 Å². The molecule has 0 saturated heterocycles. The Hall–Kier alpha value is -5.84. The van der Waals surface area contributed by atoms with Crippen LogP contribution in [0.15, 0.2) is 155 Å². The lowest BCUT2D eigenvalue weighted by Crippen LogP contribution is -2.20. The number of anilines is 1. The SMILES string of the molecule is Cc1cc(C)cc(-c2cccc(-c3cc(C)cc(C)c3)c2P(O)(=Nc2c(C(C)C)cccc2C(C)C)[C@H](O)c2ccccc2NC(=Nc2c(C(C)C)cccc2C(C)C)c2ccccc2)c1. The van der Waals surface area contributed by atoms with Crippen molar-refractivity contribution in [3.05, 3.63) is 201 Å². The second kappa shape index (κ2) is 20.4. The molecule has 1 unspecified atom stereocenters. The standard InChI is InChI=1S/C60H68N3O2P/c1-37(2)48-24-18-25-49(38(3)4)56(48)62-59(45-21-14-13-15-22-45)61-55-30-17-16-23-54(55)60(64)66(65,63-57-50(39(5)6)26-19-27-51(57)40(7)8)58-52(46-33-41(9)31-42(10)34-46)28-20-29-53(58)47-35-43(11)32-44(12)36-47/h13-40,60,64-65H,1-12H3,(H,61,62)/t60-,66?/m0/s1. The minimum absolute atomic E-state index is 0.102. The molecule has 7 rings (SSSR count). The van der Waals surface area contributed by atoms with Crippen LogP contribution in [-0.2, 0) is 0 Å². The fourth-order valence-corrected chi connectivity index (χ4v) is 12.0. The van der Waals surface area contributed by atoms with E-state index in [2.05, 4.69) is 192 Å². The van der Waals surface area contributed by atoms with Crippen LogP contribution in [0.5, 0.6) is 0 Å². The minimum atomic E-state index is -4.11. The Labute approximate surface area is 394 Å². The topological polar surface area (TPSA) is 77.2 Å². The number of nitrogens with one attached hydrogen (secondary N) is 1. The molecule has 0 spiro atoms. The Morgan fingerprint density at radius 2 is 0.864 bits per heavy atom. The molecule has 66 heavy (non-hydrogen) atoms. The summed E-state index contributed by atoms with van der Waals surface area (Å²) >= 11 is 0. The van der Waals surface area contributed by atoms with Gasteiger partial charge in [-0.05, 0) is 102 Å². The van der Waals surface area contributed by atoms with Crippen molar-refractivity contribution in [1.82, 2.24) is 0 Å². The normalized spacial score (nSPS) is 13.4. The Morgan fingerprint density at radius 1 is 0.470 bits per heavy atom. The number of aryl methyl sites for hydroxylation is 4. The quantitative estimate of drug-likeness (QED) is 0.0613. The van der Waals surface area contributed by atoms with Gasteiger partial charge in [-0.2, -0.15) is 0 Å². The molecule has 340 valence electrons. The Morgan fingerprint density at radius 3 is 1.32 bits per heavy atom. The van der Waals surface area contributed by atoms with Crippen LogP contribution in [-0.4, -0.2) is 15.8 Å². The summed E-state index contributed by atoms with van der Waals surface area (Å²) in [6, 6.07) is 50.0. The molecule has 0 saturated carbocycles. The molecular weight excluding hydrogens is 826 g/mol. The van der Waals surface area contributed by atoms with Gasteiger partial charge < -0.3 is 15.3 Å². The van der Waals surface area contributed by atoms with Gasteiger partial charge in [-0.3, -0.25) is 0 Å². The first-order valence-corrected chi connectivity index (χ1v) is 25.3. The van der Waals surface area contributed by atoms with Crippen molar-refractivity contribution in [3.63, 3.8) is 0 Å². The van der Waals surface area contributed by atoms with Gasteiger partial charge in [0, 0.05) is 22.1 Å². The van der Waals surface area contributed by atoms with Crippen molar-refractivity contribution in [3.8, 4) is 22.3 Å². The van der Waals surface area contributed by atoms with Crippen molar-refractivity contribution in [1.29, 1.82) is 0 Å². The van der Waals surface area contributed by atoms with E-state index in [1.165, 1.54) is 0 Å². The molecule has 0 amide bonds. The van der Waals surface area contributed by atoms with Gasteiger partial charge in [-0.15, -0.1) is 0 Å². The lowest BCUT2D eigenvalue weighted by atomic mass is 9.93. The van der Waals surface area contributed by atoms with E-state index < -0.39 is 13.1 Å². The third-order valence-corrected chi connectivity index (χ3v) is 15.1. The summed E-state index contributed by atoms with van der Waals surface area (Å²) in [4.78, 5) is 20.0. The van der Waals surface area contributed by atoms with Gasteiger partial charge in [-0.25, -0.2) is 9.74 Å². The number of aliphatic hydroxyl groups excluding tert-OH is 1. The van der Waals surface area contributed by atoms with E-state index in [9.17, 15) is 10.00 Å². The lowest BCUT2D eigenvalue weighted by molar-refractivity contribution is 0.251. The van der Waals surface area contributed by atoms with Crippen LogP contribution in [0.2, 0.25) is 0 Å². The van der Waals surface area contributed by atoms with E-state index in [0.717, 1.165) is 83.7 Å². The zero-order chi connectivity index (χ0) is 47.4. The number of aliphatic imine (C=N–C) groups is 1. The van der Waals surface area contributed by atoms with Crippen molar-refractivity contribution in [2.24, 2.45) is 9.74 Å². The summed E-state index contributed by atoms with van der Waals surface area (Å²) in [7, 11) is -4.11. The monoisotopic (exact) mass is 894 g/mol. The molecule has 0 aliphatic carbocycles. The summed E-state index contributed by atoms with van der Waals surface area (Å²) in [6.07, 6.45) is 0. The second-order valence-electron chi connectivity index (χ2n) is 19.3. The molecule has 7 aromatic rings. The van der Waals surface area contributed by atoms with Gasteiger partial charge in [0.05, 0.1) is 11.4 Å². The zero-order valence-electron chi connectivity index (χ0n) is 41.0. The molecule has 7 aromatic carbocycles. The minimum Gasteiger partial charge on any atom is -0.380 e. The van der Waals surface area contributed by atoms with E-state index in [-0.39, 0.29) is 23.7 Å². The average molecular weight is 894 g/mol. The van der Waals surface area contributed by atoms with Gasteiger partial charge in [-0.1, -0.05) is 217 Å². The molecule has 0 aromatic heterocycles. The molecule has 0 aliphatic rings. The number of aliphatic hydroxyl groups is 1. The number of para-hydroxylation sites is 2. The van der Waals surface area contributed by atoms with Gasteiger partial charge in [0.25, 0.3) is 0 Å². The van der Waals surface area contributed by atoms with Gasteiger partial charge in [0.2, 0.25) is 0 Å². The Kier molecular flexibility index (Phi) is 14.8. The number of hydrogen-bond donors (Lipinski definition) is 3. The predicted molar refractivity (Wildman–Crippen MR) is 284 cm³/mol. The first-order chi connectivity index (χ1) is 31.5. The smallest absolute Gasteiger partial charge is 0.150 e. The maximum Gasteiger partial charge on any atom is 0.150 e. The maximum absolute atomic E-state index is 14.5. The highest BCUT2D eigenvalue weighted by Gasteiger charge is 2.38. The second-order valence-corrected chi connectivity index (χ2v) is 21.7. The van der Waals surface area contributed by atoms with Crippen molar-refractivity contribution >= 4 is 35.5 Å². The first-order valence-electron chi connectivity index (χ1n) is 23.6. The van der Waals surface area contributed by atoms with Crippen LogP contribution < -0.4 is 10.6 Å². The molecule has 2 atom stereocenters. The van der Waals surface area contributed by atoms with Gasteiger partial charge in [0.15, 0.2) is 0 Å². The van der Waals surface area contributed by atoms with E-state index in [4.69, 9.17) is 9.74 Å². The van der Waals surface area contributed by atoms with Crippen molar-refractivity contribution in [2.75, 3.05) is 5.32 Å². The number of rotatable bonds is 13. The molecule has 6 heteroatoms. The molecule has 0 bridgehead atoms. The Bertz CT molecular complexity index is 2780. The van der Waals surface area contributed by atoms with Crippen LogP contribution in [0.25, 0.3) is 22.3 Å². The molecule has 0 fully saturated rings. The average Bonchev–Trinajstić information content (AvgIpc) is 3.27. The number of amidine groups is 1. The third kappa shape index (κ3) is 10.2. The summed E-state index contributed by atoms with van der Waals surface area (Å²) < 4.78 is 5.71. The summed E-state index contributed by atoms with van der Waals surface area (Å²) in [5.74, 6) is -0.146. The molecule has 0 radical (unpaired) electrons. The van der Waals surface area contributed by atoms with Crippen LogP contribution in [0, 0.1) is 27.7 Å².